The van der Waals surface area contributed by atoms with Gasteiger partial charge in [0.2, 0.25) is 10.0 Å². The molecule has 0 bridgehead atoms. The predicted octanol–water partition coefficient (Wildman–Crippen LogP) is 1.63. The predicted molar refractivity (Wildman–Crippen MR) is 72.9 cm³/mol. The Kier molecular flexibility index (Phi) is 5.32. The van der Waals surface area contributed by atoms with Gasteiger partial charge in [0.05, 0.1) is 36.6 Å². The van der Waals surface area contributed by atoms with Crippen molar-refractivity contribution in [2.24, 2.45) is 0 Å². The second-order valence-electron chi connectivity index (χ2n) is 3.55. The number of nitrogens with zero attached hydrogens (tertiary/aromatic N) is 1. The van der Waals surface area contributed by atoms with E-state index in [0.29, 0.717) is 15.7 Å². The van der Waals surface area contributed by atoms with Crippen molar-refractivity contribution in [2.45, 2.75) is 6.42 Å². The van der Waals surface area contributed by atoms with Crippen LogP contribution in [0.1, 0.15) is 12.0 Å². The van der Waals surface area contributed by atoms with E-state index in [-0.39, 0.29) is 12.2 Å². The number of rotatable bonds is 5. The first-order valence-electron chi connectivity index (χ1n) is 5.15. The molecule has 0 unspecified atom stereocenters. The molecular weight excluding hydrogens is 336 g/mol. The standard InChI is InChI=1S/C11H11BrN2O4S/c1-18-11(15)4-5-19(16,17)14-10-3-2-8(7-13)6-9(10)12/h2-3,6,14H,4-5H2,1H3. The van der Waals surface area contributed by atoms with Gasteiger partial charge in [-0.3, -0.25) is 9.52 Å². The molecule has 0 saturated carbocycles. The Hall–Kier alpha value is -1.59. The van der Waals surface area contributed by atoms with Crippen molar-refractivity contribution in [2.75, 3.05) is 17.6 Å². The maximum atomic E-state index is 11.7. The minimum atomic E-state index is -3.65. The normalized spacial score (nSPS) is 10.6. The summed E-state index contributed by atoms with van der Waals surface area (Å²) in [5.41, 5.74) is 0.716. The molecule has 1 aromatic carbocycles. The van der Waals surface area contributed by atoms with Gasteiger partial charge in [0.25, 0.3) is 0 Å². The average Bonchev–Trinajstić information content (AvgIpc) is 2.38. The van der Waals surface area contributed by atoms with Crippen molar-refractivity contribution < 1.29 is 17.9 Å². The molecule has 1 N–H and O–H groups in total. The van der Waals surface area contributed by atoms with Crippen LogP contribution in [0, 0.1) is 11.3 Å². The van der Waals surface area contributed by atoms with Gasteiger partial charge < -0.3 is 4.74 Å². The first-order valence-corrected chi connectivity index (χ1v) is 7.59. The minimum absolute atomic E-state index is 0.222. The zero-order valence-corrected chi connectivity index (χ0v) is 12.4. The fourth-order valence-corrected chi connectivity index (χ4v) is 2.87. The number of anilines is 1. The lowest BCUT2D eigenvalue weighted by Crippen LogP contribution is -2.19. The number of sulfonamides is 1. The lowest BCUT2D eigenvalue weighted by molar-refractivity contribution is -0.140. The third-order valence-corrected chi connectivity index (χ3v) is 4.09. The Bertz CT molecular complexity index is 622. The summed E-state index contributed by atoms with van der Waals surface area (Å²) in [4.78, 5) is 10.9. The van der Waals surface area contributed by atoms with Crippen molar-refractivity contribution in [1.29, 1.82) is 5.26 Å². The van der Waals surface area contributed by atoms with Crippen molar-refractivity contribution in [3.8, 4) is 6.07 Å². The maximum Gasteiger partial charge on any atom is 0.306 e. The highest BCUT2D eigenvalue weighted by atomic mass is 79.9. The van der Waals surface area contributed by atoms with Crippen LogP contribution in [0.4, 0.5) is 5.69 Å². The summed E-state index contributed by atoms with van der Waals surface area (Å²) in [5.74, 6) is -0.962. The van der Waals surface area contributed by atoms with Crippen LogP contribution in [-0.4, -0.2) is 27.2 Å². The molecule has 0 saturated heterocycles. The van der Waals surface area contributed by atoms with Crippen molar-refractivity contribution >= 4 is 37.6 Å². The van der Waals surface area contributed by atoms with E-state index in [1.807, 2.05) is 6.07 Å². The lowest BCUT2D eigenvalue weighted by Gasteiger charge is -2.09. The highest BCUT2D eigenvalue weighted by molar-refractivity contribution is 9.10. The van der Waals surface area contributed by atoms with Gasteiger partial charge in [-0.25, -0.2) is 8.42 Å². The number of hydrogen-bond acceptors (Lipinski definition) is 5. The quantitative estimate of drug-likeness (QED) is 0.817. The number of carbonyl (C=O) groups is 1. The molecule has 0 aromatic heterocycles. The van der Waals surface area contributed by atoms with Gasteiger partial charge >= 0.3 is 5.97 Å². The molecule has 19 heavy (non-hydrogen) atoms. The summed E-state index contributed by atoms with van der Waals surface area (Å²) in [6, 6.07) is 6.39. The van der Waals surface area contributed by atoms with Crippen LogP contribution in [-0.2, 0) is 19.6 Å². The molecule has 0 spiro atoms. The largest absolute Gasteiger partial charge is 0.469 e. The Balaban J connectivity index is 2.79. The number of methoxy groups -OCH3 is 1. The van der Waals surface area contributed by atoms with Gasteiger partial charge in [0.15, 0.2) is 0 Å². The Morgan fingerprint density at radius 2 is 2.21 bits per heavy atom. The van der Waals surface area contributed by atoms with Crippen LogP contribution >= 0.6 is 15.9 Å². The van der Waals surface area contributed by atoms with Crippen LogP contribution in [0.25, 0.3) is 0 Å². The van der Waals surface area contributed by atoms with Gasteiger partial charge in [-0.2, -0.15) is 5.26 Å². The fourth-order valence-electron chi connectivity index (χ4n) is 1.21. The van der Waals surface area contributed by atoms with Gasteiger partial charge in [0, 0.05) is 4.47 Å². The number of nitrogens with one attached hydrogen (secondary N) is 1. The second-order valence-corrected chi connectivity index (χ2v) is 6.25. The summed E-state index contributed by atoms with van der Waals surface area (Å²) in [5, 5.41) is 8.70. The third kappa shape index (κ3) is 4.89. The lowest BCUT2D eigenvalue weighted by atomic mass is 10.2. The summed E-state index contributed by atoms with van der Waals surface area (Å²) >= 11 is 3.16. The molecule has 0 aliphatic carbocycles. The van der Waals surface area contributed by atoms with Crippen LogP contribution in [0.3, 0.4) is 0 Å². The van der Waals surface area contributed by atoms with Crippen LogP contribution in [0.2, 0.25) is 0 Å². The summed E-state index contributed by atoms with van der Waals surface area (Å²) in [6.07, 6.45) is -0.222. The van der Waals surface area contributed by atoms with Crippen LogP contribution in [0.5, 0.6) is 0 Å². The molecule has 1 aromatic rings. The van der Waals surface area contributed by atoms with E-state index in [0.717, 1.165) is 0 Å². The molecule has 0 radical (unpaired) electrons. The molecule has 0 amide bonds. The van der Waals surface area contributed by atoms with E-state index in [1.54, 1.807) is 0 Å². The summed E-state index contributed by atoms with van der Waals surface area (Å²) in [6.45, 7) is 0. The number of carbonyl (C=O) groups excluding carboxylic acids is 1. The van der Waals surface area contributed by atoms with Crippen molar-refractivity contribution in [1.82, 2.24) is 0 Å². The molecule has 0 fully saturated rings. The van der Waals surface area contributed by atoms with E-state index in [4.69, 9.17) is 5.26 Å². The highest BCUT2D eigenvalue weighted by Crippen LogP contribution is 2.24. The zero-order chi connectivity index (χ0) is 14.5. The number of benzene rings is 1. The maximum absolute atomic E-state index is 11.7. The molecule has 0 heterocycles. The van der Waals surface area contributed by atoms with Gasteiger partial charge in [0.1, 0.15) is 0 Å². The number of esters is 1. The first kappa shape index (κ1) is 15.5. The van der Waals surface area contributed by atoms with Gasteiger partial charge in [-0.15, -0.1) is 0 Å². The Labute approximate surface area is 119 Å². The smallest absolute Gasteiger partial charge is 0.306 e. The van der Waals surface area contributed by atoms with Crippen molar-refractivity contribution in [3.05, 3.63) is 28.2 Å². The van der Waals surface area contributed by atoms with E-state index in [2.05, 4.69) is 25.4 Å². The molecule has 0 aliphatic heterocycles. The topological polar surface area (TPSA) is 96.3 Å². The van der Waals surface area contributed by atoms with E-state index in [1.165, 1.54) is 25.3 Å². The molecule has 1 rings (SSSR count). The van der Waals surface area contributed by atoms with Gasteiger partial charge in [-0.1, -0.05) is 0 Å². The van der Waals surface area contributed by atoms with Crippen LogP contribution < -0.4 is 4.72 Å². The first-order chi connectivity index (χ1) is 8.88. The monoisotopic (exact) mass is 346 g/mol. The Morgan fingerprint density at radius 1 is 1.53 bits per heavy atom. The number of ether oxygens (including phenoxy) is 1. The molecule has 0 atom stereocenters. The molecule has 6 nitrogen and oxygen atoms in total. The highest BCUT2D eigenvalue weighted by Gasteiger charge is 2.15. The molecule has 0 aliphatic rings. The summed E-state index contributed by atoms with van der Waals surface area (Å²) in [7, 11) is -2.45. The molecular formula is C11H11BrN2O4S. The average molecular weight is 347 g/mol. The SMILES string of the molecule is COC(=O)CCS(=O)(=O)Nc1ccc(C#N)cc1Br. The second kappa shape index (κ2) is 6.54. The van der Waals surface area contributed by atoms with E-state index >= 15 is 0 Å². The zero-order valence-electron chi connectivity index (χ0n) is 10.0. The van der Waals surface area contributed by atoms with Gasteiger partial charge in [-0.05, 0) is 34.1 Å². The van der Waals surface area contributed by atoms with Crippen LogP contribution in [0.15, 0.2) is 22.7 Å². The number of hydrogen-bond donors (Lipinski definition) is 1. The minimum Gasteiger partial charge on any atom is -0.469 e. The fraction of sp³-hybridized carbons (Fsp3) is 0.273. The molecule has 8 heteroatoms. The van der Waals surface area contributed by atoms with Crippen molar-refractivity contribution in [3.63, 3.8) is 0 Å². The Morgan fingerprint density at radius 3 is 2.74 bits per heavy atom. The number of halogens is 1. The summed E-state index contributed by atoms with van der Waals surface area (Å²) < 4.78 is 30.6. The van der Waals surface area contributed by atoms with E-state index in [9.17, 15) is 13.2 Å². The van der Waals surface area contributed by atoms with E-state index < -0.39 is 16.0 Å². The third-order valence-electron chi connectivity index (χ3n) is 2.17. The number of nitriles is 1. The molecule has 102 valence electrons.